The summed E-state index contributed by atoms with van der Waals surface area (Å²) in [5.74, 6) is 1.33. The van der Waals surface area contributed by atoms with Crippen LogP contribution in [-0.4, -0.2) is 12.5 Å². The number of primary amides is 1. The minimum Gasteiger partial charge on any atom is -0.493 e. The van der Waals surface area contributed by atoms with Gasteiger partial charge in [-0.3, -0.25) is 4.79 Å². The van der Waals surface area contributed by atoms with Gasteiger partial charge >= 0.3 is 0 Å². The standard InChI is InChI=1S/C22H27NO2/c23-22(24)14-12-19-11-13-20(25-16-17-7-3-1-4-8-17)15-21(19)18-9-5-2-6-10-18/h2,5-6,9-11,13,15,17H,1,3-4,7-8,12,14,16H2,(H2,23,24). The third kappa shape index (κ3) is 5.09. The molecule has 0 unspecified atom stereocenters. The van der Waals surface area contributed by atoms with E-state index in [0.29, 0.717) is 18.8 Å². The van der Waals surface area contributed by atoms with Crippen LogP contribution in [0.15, 0.2) is 48.5 Å². The topological polar surface area (TPSA) is 52.3 Å². The number of ether oxygens (including phenoxy) is 1. The second kappa shape index (κ2) is 8.70. The van der Waals surface area contributed by atoms with Gasteiger partial charge in [0, 0.05) is 6.42 Å². The molecule has 0 spiro atoms. The van der Waals surface area contributed by atoms with Crippen molar-refractivity contribution in [2.24, 2.45) is 11.7 Å². The van der Waals surface area contributed by atoms with E-state index in [1.54, 1.807) is 0 Å². The predicted octanol–water partition coefficient (Wildman–Crippen LogP) is 4.73. The lowest BCUT2D eigenvalue weighted by molar-refractivity contribution is -0.117. The first-order chi connectivity index (χ1) is 12.2. The fourth-order valence-electron chi connectivity index (χ4n) is 3.58. The normalized spacial score (nSPS) is 15.0. The maximum absolute atomic E-state index is 11.2. The highest BCUT2D eigenvalue weighted by molar-refractivity contribution is 5.75. The molecule has 0 radical (unpaired) electrons. The van der Waals surface area contributed by atoms with Crippen molar-refractivity contribution in [3.63, 3.8) is 0 Å². The van der Waals surface area contributed by atoms with E-state index < -0.39 is 0 Å². The Bertz CT molecular complexity index is 690. The number of aryl methyl sites for hydroxylation is 1. The number of nitrogens with two attached hydrogens (primary N) is 1. The van der Waals surface area contributed by atoms with E-state index in [1.807, 2.05) is 24.3 Å². The number of amides is 1. The molecule has 132 valence electrons. The molecule has 1 aliphatic rings. The molecule has 1 fully saturated rings. The van der Waals surface area contributed by atoms with Gasteiger partial charge in [0.15, 0.2) is 0 Å². The maximum atomic E-state index is 11.2. The highest BCUT2D eigenvalue weighted by atomic mass is 16.5. The summed E-state index contributed by atoms with van der Waals surface area (Å²) in [6.45, 7) is 0.800. The number of hydrogen-bond donors (Lipinski definition) is 1. The number of carbonyl (C=O) groups is 1. The summed E-state index contributed by atoms with van der Waals surface area (Å²) in [5.41, 5.74) is 8.73. The number of benzene rings is 2. The highest BCUT2D eigenvalue weighted by Gasteiger charge is 2.15. The van der Waals surface area contributed by atoms with Crippen LogP contribution in [0.2, 0.25) is 0 Å². The zero-order valence-corrected chi connectivity index (χ0v) is 14.7. The van der Waals surface area contributed by atoms with Gasteiger partial charge in [0.2, 0.25) is 5.91 Å². The van der Waals surface area contributed by atoms with E-state index >= 15 is 0 Å². The van der Waals surface area contributed by atoms with E-state index in [0.717, 1.165) is 29.0 Å². The molecule has 0 aromatic heterocycles. The Morgan fingerprint density at radius 2 is 1.80 bits per heavy atom. The first-order valence-corrected chi connectivity index (χ1v) is 9.32. The van der Waals surface area contributed by atoms with Crippen LogP contribution in [0.3, 0.4) is 0 Å². The monoisotopic (exact) mass is 337 g/mol. The molecular weight excluding hydrogens is 310 g/mol. The van der Waals surface area contributed by atoms with E-state index in [2.05, 4.69) is 24.3 Å². The van der Waals surface area contributed by atoms with Crippen LogP contribution in [0, 0.1) is 5.92 Å². The molecule has 2 aromatic rings. The van der Waals surface area contributed by atoms with Crippen LogP contribution in [-0.2, 0) is 11.2 Å². The SMILES string of the molecule is NC(=O)CCc1ccc(OCC2CCCCC2)cc1-c1ccccc1. The fourth-order valence-corrected chi connectivity index (χ4v) is 3.58. The summed E-state index contributed by atoms with van der Waals surface area (Å²) >= 11 is 0. The molecule has 0 bridgehead atoms. The van der Waals surface area contributed by atoms with E-state index in [-0.39, 0.29) is 5.91 Å². The maximum Gasteiger partial charge on any atom is 0.217 e. The summed E-state index contributed by atoms with van der Waals surface area (Å²) in [6, 6.07) is 16.4. The number of hydrogen-bond acceptors (Lipinski definition) is 2. The van der Waals surface area contributed by atoms with Gasteiger partial charge in [0.25, 0.3) is 0 Å². The minimum absolute atomic E-state index is 0.267. The van der Waals surface area contributed by atoms with Crippen molar-refractivity contribution in [1.29, 1.82) is 0 Å². The van der Waals surface area contributed by atoms with Gasteiger partial charge in [-0.2, -0.15) is 0 Å². The van der Waals surface area contributed by atoms with Crippen LogP contribution in [0.25, 0.3) is 11.1 Å². The molecular formula is C22H27NO2. The Morgan fingerprint density at radius 3 is 2.52 bits per heavy atom. The third-order valence-electron chi connectivity index (χ3n) is 5.02. The molecule has 1 aliphatic carbocycles. The predicted molar refractivity (Wildman–Crippen MR) is 101 cm³/mol. The van der Waals surface area contributed by atoms with Gasteiger partial charge in [-0.1, -0.05) is 55.7 Å². The molecule has 3 nitrogen and oxygen atoms in total. The van der Waals surface area contributed by atoms with Crippen LogP contribution in [0.5, 0.6) is 5.75 Å². The van der Waals surface area contributed by atoms with Gasteiger partial charge in [0.05, 0.1) is 6.61 Å². The summed E-state index contributed by atoms with van der Waals surface area (Å²) in [6.07, 6.45) is 7.60. The molecule has 1 amide bonds. The van der Waals surface area contributed by atoms with Crippen molar-refractivity contribution in [1.82, 2.24) is 0 Å². The van der Waals surface area contributed by atoms with Gasteiger partial charge in [-0.05, 0) is 54.0 Å². The second-order valence-corrected chi connectivity index (χ2v) is 6.97. The van der Waals surface area contributed by atoms with Gasteiger partial charge < -0.3 is 10.5 Å². The van der Waals surface area contributed by atoms with Crippen molar-refractivity contribution in [3.8, 4) is 16.9 Å². The zero-order chi connectivity index (χ0) is 17.5. The molecule has 1 saturated carbocycles. The van der Waals surface area contributed by atoms with Crippen molar-refractivity contribution in [3.05, 3.63) is 54.1 Å². The molecule has 2 aromatic carbocycles. The molecule has 0 heterocycles. The molecule has 3 heteroatoms. The first-order valence-electron chi connectivity index (χ1n) is 9.32. The number of rotatable bonds is 7. The van der Waals surface area contributed by atoms with Crippen LogP contribution in [0.1, 0.15) is 44.1 Å². The minimum atomic E-state index is -0.267. The molecule has 25 heavy (non-hydrogen) atoms. The largest absolute Gasteiger partial charge is 0.493 e. The first kappa shape index (κ1) is 17.5. The Hall–Kier alpha value is -2.29. The van der Waals surface area contributed by atoms with E-state index in [1.165, 1.54) is 32.1 Å². The third-order valence-corrected chi connectivity index (χ3v) is 5.02. The Labute approximate surface area is 150 Å². The van der Waals surface area contributed by atoms with Crippen molar-refractivity contribution < 1.29 is 9.53 Å². The summed E-state index contributed by atoms with van der Waals surface area (Å²) < 4.78 is 6.10. The fraction of sp³-hybridized carbons (Fsp3) is 0.409. The Morgan fingerprint density at radius 1 is 1.04 bits per heavy atom. The van der Waals surface area contributed by atoms with E-state index in [4.69, 9.17) is 10.5 Å². The van der Waals surface area contributed by atoms with Gasteiger partial charge in [0.1, 0.15) is 5.75 Å². The molecule has 2 N–H and O–H groups in total. The molecule has 0 atom stereocenters. The van der Waals surface area contributed by atoms with Crippen molar-refractivity contribution >= 4 is 5.91 Å². The quantitative estimate of drug-likeness (QED) is 0.794. The van der Waals surface area contributed by atoms with Gasteiger partial charge in [-0.15, -0.1) is 0 Å². The van der Waals surface area contributed by atoms with Gasteiger partial charge in [-0.25, -0.2) is 0 Å². The number of carbonyl (C=O) groups excluding carboxylic acids is 1. The van der Waals surface area contributed by atoms with Crippen LogP contribution >= 0.6 is 0 Å². The lowest BCUT2D eigenvalue weighted by atomic mass is 9.90. The van der Waals surface area contributed by atoms with Crippen LogP contribution < -0.4 is 10.5 Å². The smallest absolute Gasteiger partial charge is 0.217 e. The van der Waals surface area contributed by atoms with Crippen LogP contribution in [0.4, 0.5) is 0 Å². The molecule has 3 rings (SSSR count). The lowest BCUT2D eigenvalue weighted by Gasteiger charge is -2.22. The van der Waals surface area contributed by atoms with Crippen molar-refractivity contribution in [2.75, 3.05) is 6.61 Å². The average Bonchev–Trinajstić information content (AvgIpc) is 2.66. The van der Waals surface area contributed by atoms with E-state index in [9.17, 15) is 4.79 Å². The average molecular weight is 337 g/mol. The zero-order valence-electron chi connectivity index (χ0n) is 14.7. The summed E-state index contributed by atoms with van der Waals surface area (Å²) in [7, 11) is 0. The molecule has 0 aliphatic heterocycles. The molecule has 0 saturated heterocycles. The Kier molecular flexibility index (Phi) is 6.10. The second-order valence-electron chi connectivity index (χ2n) is 6.97. The summed E-state index contributed by atoms with van der Waals surface area (Å²) in [4.78, 5) is 11.2. The Balaban J connectivity index is 1.77. The highest BCUT2D eigenvalue weighted by Crippen LogP contribution is 2.30. The summed E-state index contributed by atoms with van der Waals surface area (Å²) in [5, 5.41) is 0. The van der Waals surface area contributed by atoms with Crippen molar-refractivity contribution in [2.45, 2.75) is 44.9 Å². The lowest BCUT2D eigenvalue weighted by Crippen LogP contribution is -2.15.